The maximum atomic E-state index is 12.2. The van der Waals surface area contributed by atoms with Crippen molar-refractivity contribution in [1.82, 2.24) is 4.98 Å². The van der Waals surface area contributed by atoms with Gasteiger partial charge < -0.3 is 4.90 Å². The van der Waals surface area contributed by atoms with Crippen LogP contribution < -0.4 is 4.90 Å². The van der Waals surface area contributed by atoms with Gasteiger partial charge in [0.15, 0.2) is 10.9 Å². The fourth-order valence-corrected chi connectivity index (χ4v) is 3.66. The smallest absolute Gasteiger partial charge is 0.187 e. The van der Waals surface area contributed by atoms with Gasteiger partial charge in [-0.3, -0.25) is 4.79 Å². The van der Waals surface area contributed by atoms with Gasteiger partial charge in [0.25, 0.3) is 0 Å². The van der Waals surface area contributed by atoms with Crippen molar-refractivity contribution in [3.05, 3.63) is 51.0 Å². The number of nitrogens with zero attached hydrogens (tertiary/aromatic N) is 2. The molecular formula is C16H14Cl4N2OS. The van der Waals surface area contributed by atoms with Crippen LogP contribution in [0.5, 0.6) is 0 Å². The molecule has 0 unspecified atom stereocenters. The Morgan fingerprint density at radius 2 is 1.75 bits per heavy atom. The van der Waals surface area contributed by atoms with E-state index in [2.05, 4.69) is 4.98 Å². The number of anilines is 1. The van der Waals surface area contributed by atoms with Crippen molar-refractivity contribution in [1.29, 1.82) is 0 Å². The first-order chi connectivity index (χ1) is 11.5. The van der Waals surface area contributed by atoms with Crippen LogP contribution in [0.3, 0.4) is 0 Å². The summed E-state index contributed by atoms with van der Waals surface area (Å²) < 4.78 is 0. The molecule has 128 valence electrons. The Morgan fingerprint density at radius 1 is 1.12 bits per heavy atom. The summed E-state index contributed by atoms with van der Waals surface area (Å²) in [6, 6.07) is 6.71. The van der Waals surface area contributed by atoms with Gasteiger partial charge in [-0.15, -0.1) is 23.2 Å². The maximum absolute atomic E-state index is 12.2. The summed E-state index contributed by atoms with van der Waals surface area (Å²) in [4.78, 5) is 19.2. The van der Waals surface area contributed by atoms with E-state index in [1.54, 1.807) is 30.3 Å². The molecule has 1 aromatic carbocycles. The van der Waals surface area contributed by atoms with Gasteiger partial charge in [0.2, 0.25) is 0 Å². The van der Waals surface area contributed by atoms with Crippen molar-refractivity contribution in [3.8, 4) is 0 Å². The number of alkyl halides is 2. The van der Waals surface area contributed by atoms with E-state index in [-0.39, 0.29) is 5.78 Å². The second-order valence-electron chi connectivity index (χ2n) is 4.72. The molecule has 0 aliphatic rings. The van der Waals surface area contributed by atoms with Gasteiger partial charge in [-0.2, -0.15) is 0 Å². The molecule has 0 spiro atoms. The highest BCUT2D eigenvalue weighted by atomic mass is 35.5. The number of carbonyl (C=O) groups excluding carboxylic acids is 1. The first kappa shape index (κ1) is 19.5. The number of hydrogen-bond acceptors (Lipinski definition) is 4. The van der Waals surface area contributed by atoms with E-state index < -0.39 is 0 Å². The van der Waals surface area contributed by atoms with E-state index in [1.807, 2.05) is 4.90 Å². The van der Waals surface area contributed by atoms with E-state index in [1.165, 1.54) is 17.4 Å². The zero-order valence-corrected chi connectivity index (χ0v) is 16.4. The van der Waals surface area contributed by atoms with Crippen molar-refractivity contribution < 1.29 is 4.79 Å². The molecule has 8 heteroatoms. The predicted molar refractivity (Wildman–Crippen MR) is 106 cm³/mol. The van der Waals surface area contributed by atoms with Crippen LogP contribution in [0.25, 0.3) is 6.08 Å². The number of rotatable bonds is 8. The van der Waals surface area contributed by atoms with Crippen LogP contribution in [0, 0.1) is 0 Å². The van der Waals surface area contributed by atoms with Crippen LogP contribution in [0.4, 0.5) is 5.13 Å². The van der Waals surface area contributed by atoms with Crippen LogP contribution in [-0.2, 0) is 0 Å². The molecule has 2 rings (SSSR count). The largest absolute Gasteiger partial charge is 0.346 e. The van der Waals surface area contributed by atoms with E-state index in [0.717, 1.165) is 5.13 Å². The van der Waals surface area contributed by atoms with Gasteiger partial charge in [0.05, 0.1) is 4.88 Å². The Balaban J connectivity index is 2.14. The summed E-state index contributed by atoms with van der Waals surface area (Å²) in [5.74, 6) is 0.805. The zero-order valence-electron chi connectivity index (χ0n) is 12.5. The SMILES string of the molecule is O=C(/C=C/c1sc(N(CCCl)CCCl)nc1Cl)c1ccc(Cl)cc1. The van der Waals surface area contributed by atoms with E-state index in [0.29, 0.717) is 45.5 Å². The van der Waals surface area contributed by atoms with Crippen molar-refractivity contribution >= 4 is 74.7 Å². The average molecular weight is 424 g/mol. The Hall–Kier alpha value is -0.780. The zero-order chi connectivity index (χ0) is 17.5. The number of ketones is 1. The van der Waals surface area contributed by atoms with E-state index in [4.69, 9.17) is 46.4 Å². The molecule has 24 heavy (non-hydrogen) atoms. The fraction of sp³-hybridized carbons (Fsp3) is 0.250. The third kappa shape index (κ3) is 5.36. The molecule has 1 aromatic heterocycles. The molecule has 0 amide bonds. The topological polar surface area (TPSA) is 33.2 Å². The molecule has 1 heterocycles. The third-order valence-electron chi connectivity index (χ3n) is 3.09. The van der Waals surface area contributed by atoms with Crippen LogP contribution in [-0.4, -0.2) is 35.6 Å². The van der Waals surface area contributed by atoms with Gasteiger partial charge in [-0.25, -0.2) is 4.98 Å². The Kier molecular flexibility index (Phi) is 7.85. The molecule has 3 nitrogen and oxygen atoms in total. The predicted octanol–water partition coefficient (Wildman–Crippen LogP) is 5.63. The molecule has 0 saturated heterocycles. The molecule has 0 N–H and O–H groups in total. The van der Waals surface area contributed by atoms with Crippen molar-refractivity contribution in [2.45, 2.75) is 0 Å². The molecule has 0 saturated carbocycles. The van der Waals surface area contributed by atoms with Gasteiger partial charge in [-0.05, 0) is 36.4 Å². The standard InChI is InChI=1S/C16H14Cl4N2OS/c17-7-9-22(10-8-18)16-21-15(20)14(24-16)6-5-13(23)11-1-3-12(19)4-2-11/h1-6H,7-10H2/b6-5+. The number of halogens is 4. The molecular weight excluding hydrogens is 410 g/mol. The Bertz CT molecular complexity index is 709. The number of thiazole rings is 1. The number of benzene rings is 1. The summed E-state index contributed by atoms with van der Waals surface area (Å²) in [5, 5.41) is 1.67. The Labute approximate surface area is 164 Å². The molecule has 0 aliphatic carbocycles. The van der Waals surface area contributed by atoms with E-state index >= 15 is 0 Å². The number of aromatic nitrogens is 1. The fourth-order valence-electron chi connectivity index (χ4n) is 1.91. The van der Waals surface area contributed by atoms with Crippen molar-refractivity contribution in [2.75, 3.05) is 29.7 Å². The molecule has 0 atom stereocenters. The lowest BCUT2D eigenvalue weighted by molar-refractivity contribution is 0.104. The van der Waals surface area contributed by atoms with Crippen molar-refractivity contribution in [2.24, 2.45) is 0 Å². The molecule has 0 fully saturated rings. The minimum absolute atomic E-state index is 0.129. The second-order valence-corrected chi connectivity index (χ2v) is 7.28. The first-order valence-corrected chi connectivity index (χ1v) is 9.70. The minimum Gasteiger partial charge on any atom is -0.346 e. The summed E-state index contributed by atoms with van der Waals surface area (Å²) in [7, 11) is 0. The first-order valence-electron chi connectivity index (χ1n) is 7.06. The lowest BCUT2D eigenvalue weighted by Crippen LogP contribution is -2.27. The van der Waals surface area contributed by atoms with Crippen molar-refractivity contribution in [3.63, 3.8) is 0 Å². The lowest BCUT2D eigenvalue weighted by atomic mass is 10.1. The van der Waals surface area contributed by atoms with Gasteiger partial charge >= 0.3 is 0 Å². The maximum Gasteiger partial charge on any atom is 0.187 e. The van der Waals surface area contributed by atoms with Crippen LogP contribution in [0.15, 0.2) is 30.3 Å². The van der Waals surface area contributed by atoms with Gasteiger partial charge in [0, 0.05) is 35.4 Å². The Morgan fingerprint density at radius 3 is 2.33 bits per heavy atom. The minimum atomic E-state index is -0.129. The normalized spacial score (nSPS) is 11.2. The third-order valence-corrected chi connectivity index (χ3v) is 5.16. The highest BCUT2D eigenvalue weighted by Crippen LogP contribution is 2.31. The van der Waals surface area contributed by atoms with Crippen LogP contribution >= 0.6 is 57.7 Å². The molecule has 0 bridgehead atoms. The average Bonchev–Trinajstić information content (AvgIpc) is 2.94. The molecule has 0 radical (unpaired) electrons. The number of allylic oxidation sites excluding steroid dienone is 1. The van der Waals surface area contributed by atoms with Crippen LogP contribution in [0.1, 0.15) is 15.2 Å². The summed E-state index contributed by atoms with van der Waals surface area (Å²) >= 11 is 25.0. The number of carbonyl (C=O) groups is 1. The molecule has 0 aliphatic heterocycles. The number of hydrogen-bond donors (Lipinski definition) is 0. The summed E-state index contributed by atoms with van der Waals surface area (Å²) in [6.45, 7) is 1.26. The van der Waals surface area contributed by atoms with Gasteiger partial charge in [-0.1, -0.05) is 34.5 Å². The highest BCUT2D eigenvalue weighted by Gasteiger charge is 2.14. The highest BCUT2D eigenvalue weighted by molar-refractivity contribution is 7.17. The second kappa shape index (κ2) is 9.64. The van der Waals surface area contributed by atoms with E-state index in [9.17, 15) is 4.79 Å². The summed E-state index contributed by atoms with van der Waals surface area (Å²) in [6.07, 6.45) is 3.14. The van der Waals surface area contributed by atoms with Gasteiger partial charge in [0.1, 0.15) is 5.15 Å². The monoisotopic (exact) mass is 422 g/mol. The molecule has 2 aromatic rings. The summed E-state index contributed by atoms with van der Waals surface area (Å²) in [5.41, 5.74) is 0.558. The van der Waals surface area contributed by atoms with Crippen LogP contribution in [0.2, 0.25) is 10.2 Å². The lowest BCUT2D eigenvalue weighted by Gasteiger charge is -2.18. The quantitative estimate of drug-likeness (QED) is 0.313.